The Balaban J connectivity index is 1.87. The Kier molecular flexibility index (Phi) is 2.13. The van der Waals surface area contributed by atoms with Crippen molar-refractivity contribution in [1.82, 2.24) is 4.90 Å². The number of nitrogens with zero attached hydrogens (tertiary/aromatic N) is 2. The van der Waals surface area contributed by atoms with E-state index in [1.54, 1.807) is 0 Å². The SMILES string of the molecule is Clc1cc(Br)cc2c1CN1C(=N2)C2CCC1C2. The second-order valence-electron chi connectivity index (χ2n) is 5.15. The molecule has 4 heteroatoms. The van der Waals surface area contributed by atoms with Gasteiger partial charge in [-0.1, -0.05) is 27.5 Å². The number of hydrogen-bond acceptors (Lipinski definition) is 2. The molecule has 1 aromatic carbocycles. The number of benzene rings is 1. The van der Waals surface area contributed by atoms with Crippen molar-refractivity contribution in [3.05, 3.63) is 27.2 Å². The van der Waals surface area contributed by atoms with E-state index in [1.807, 2.05) is 6.07 Å². The predicted octanol–water partition coefficient (Wildman–Crippen LogP) is 4.13. The third-order valence-electron chi connectivity index (χ3n) is 4.21. The highest BCUT2D eigenvalue weighted by atomic mass is 79.9. The van der Waals surface area contributed by atoms with E-state index in [-0.39, 0.29) is 0 Å². The average molecular weight is 312 g/mol. The molecule has 1 saturated carbocycles. The summed E-state index contributed by atoms with van der Waals surface area (Å²) in [4.78, 5) is 7.31. The van der Waals surface area contributed by atoms with Gasteiger partial charge in [0, 0.05) is 33.6 Å². The fourth-order valence-electron chi connectivity index (χ4n) is 3.40. The van der Waals surface area contributed by atoms with Gasteiger partial charge in [-0.25, -0.2) is 4.99 Å². The summed E-state index contributed by atoms with van der Waals surface area (Å²) < 4.78 is 1.02. The van der Waals surface area contributed by atoms with Crippen LogP contribution in [-0.4, -0.2) is 16.8 Å². The van der Waals surface area contributed by atoms with Gasteiger partial charge >= 0.3 is 0 Å². The van der Waals surface area contributed by atoms with Gasteiger partial charge in [-0.3, -0.25) is 0 Å². The summed E-state index contributed by atoms with van der Waals surface area (Å²) in [6, 6.07) is 4.76. The van der Waals surface area contributed by atoms with E-state index in [0.29, 0.717) is 12.0 Å². The monoisotopic (exact) mass is 310 g/mol. The van der Waals surface area contributed by atoms with Gasteiger partial charge in [-0.2, -0.15) is 0 Å². The number of hydrogen-bond donors (Lipinski definition) is 0. The molecule has 2 nitrogen and oxygen atoms in total. The summed E-state index contributed by atoms with van der Waals surface area (Å²) in [6.45, 7) is 0.946. The Morgan fingerprint density at radius 2 is 2.24 bits per heavy atom. The summed E-state index contributed by atoms with van der Waals surface area (Å²) in [5, 5.41) is 0.833. The molecule has 2 aliphatic heterocycles. The van der Waals surface area contributed by atoms with Gasteiger partial charge in [0.2, 0.25) is 0 Å². The van der Waals surface area contributed by atoms with Crippen LogP contribution in [0.5, 0.6) is 0 Å². The molecule has 0 N–H and O–H groups in total. The molecular weight excluding hydrogens is 300 g/mol. The maximum atomic E-state index is 6.31. The minimum atomic E-state index is 0.700. The van der Waals surface area contributed by atoms with E-state index in [2.05, 4.69) is 26.9 Å². The van der Waals surface area contributed by atoms with Gasteiger partial charge in [0.05, 0.1) is 5.69 Å². The fraction of sp³-hybridized carbons (Fsp3) is 0.462. The Labute approximate surface area is 114 Å². The van der Waals surface area contributed by atoms with Crippen LogP contribution in [0.3, 0.4) is 0 Å². The minimum Gasteiger partial charge on any atom is -0.352 e. The Hall–Kier alpha value is -0.540. The van der Waals surface area contributed by atoms with Crippen LogP contribution in [0.15, 0.2) is 21.6 Å². The van der Waals surface area contributed by atoms with Crippen molar-refractivity contribution in [3.63, 3.8) is 0 Å². The van der Waals surface area contributed by atoms with E-state index in [1.165, 1.54) is 30.7 Å². The van der Waals surface area contributed by atoms with Gasteiger partial charge in [-0.05, 0) is 31.4 Å². The maximum absolute atomic E-state index is 6.31. The summed E-state index contributed by atoms with van der Waals surface area (Å²) >= 11 is 9.80. The molecule has 0 aromatic heterocycles. The molecule has 0 spiro atoms. The quantitative estimate of drug-likeness (QED) is 0.703. The summed E-state index contributed by atoms with van der Waals surface area (Å²) in [6.07, 6.45) is 3.94. The summed E-state index contributed by atoms with van der Waals surface area (Å²) in [7, 11) is 0. The molecule has 17 heavy (non-hydrogen) atoms. The van der Waals surface area contributed by atoms with Gasteiger partial charge in [0.15, 0.2) is 0 Å². The first-order valence-electron chi connectivity index (χ1n) is 6.05. The third kappa shape index (κ3) is 1.42. The first kappa shape index (κ1) is 10.4. The lowest BCUT2D eigenvalue weighted by Crippen LogP contribution is -2.38. The van der Waals surface area contributed by atoms with Crippen LogP contribution >= 0.6 is 27.5 Å². The smallest absolute Gasteiger partial charge is 0.109 e. The molecule has 2 fully saturated rings. The maximum Gasteiger partial charge on any atom is 0.109 e. The van der Waals surface area contributed by atoms with Crippen LogP contribution in [0.25, 0.3) is 0 Å². The molecule has 3 aliphatic rings. The lowest BCUT2D eigenvalue weighted by molar-refractivity contribution is 0.317. The number of halogens is 2. The minimum absolute atomic E-state index is 0.700. The standard InChI is InChI=1S/C13H12BrClN2/c14-8-4-11(15)10-6-17-9-2-1-7(3-9)13(17)16-12(10)5-8/h4-5,7,9H,1-3,6H2. The van der Waals surface area contributed by atoms with Crippen molar-refractivity contribution < 1.29 is 0 Å². The highest BCUT2D eigenvalue weighted by Crippen LogP contribution is 2.46. The molecule has 2 atom stereocenters. The molecule has 2 bridgehead atoms. The molecule has 1 aromatic rings. The number of piperidine rings is 1. The second-order valence-corrected chi connectivity index (χ2v) is 6.47. The fourth-order valence-corrected chi connectivity index (χ4v) is 4.25. The zero-order valence-corrected chi connectivity index (χ0v) is 11.6. The van der Waals surface area contributed by atoms with Crippen LogP contribution in [0.4, 0.5) is 5.69 Å². The molecule has 0 radical (unpaired) electrons. The zero-order chi connectivity index (χ0) is 11.6. The van der Waals surface area contributed by atoms with Gasteiger partial charge in [-0.15, -0.1) is 0 Å². The van der Waals surface area contributed by atoms with Crippen molar-refractivity contribution in [3.8, 4) is 0 Å². The molecule has 2 unspecified atom stereocenters. The van der Waals surface area contributed by atoms with E-state index in [9.17, 15) is 0 Å². The highest BCUT2D eigenvalue weighted by Gasteiger charge is 2.44. The van der Waals surface area contributed by atoms with Crippen LogP contribution < -0.4 is 0 Å². The van der Waals surface area contributed by atoms with Gasteiger partial charge in [0.1, 0.15) is 5.84 Å². The Morgan fingerprint density at radius 3 is 3.12 bits per heavy atom. The predicted molar refractivity (Wildman–Crippen MR) is 72.9 cm³/mol. The molecule has 1 aliphatic carbocycles. The molecule has 1 saturated heterocycles. The van der Waals surface area contributed by atoms with Crippen LogP contribution in [0.2, 0.25) is 5.02 Å². The van der Waals surface area contributed by atoms with Crippen LogP contribution in [0, 0.1) is 5.92 Å². The number of amidine groups is 1. The van der Waals surface area contributed by atoms with Crippen molar-refractivity contribution in [1.29, 1.82) is 0 Å². The van der Waals surface area contributed by atoms with Crippen molar-refractivity contribution >= 4 is 39.1 Å². The van der Waals surface area contributed by atoms with Gasteiger partial charge in [0.25, 0.3) is 0 Å². The zero-order valence-electron chi connectivity index (χ0n) is 9.29. The second kappa shape index (κ2) is 3.48. The van der Waals surface area contributed by atoms with Crippen molar-refractivity contribution in [2.45, 2.75) is 31.8 Å². The Morgan fingerprint density at radius 1 is 1.35 bits per heavy atom. The molecular formula is C13H12BrClN2. The number of rotatable bonds is 0. The lowest BCUT2D eigenvalue weighted by atomic mass is 10.0. The van der Waals surface area contributed by atoms with Crippen LogP contribution in [0.1, 0.15) is 24.8 Å². The summed E-state index contributed by atoms with van der Waals surface area (Å²) in [5.41, 5.74) is 2.24. The number of fused-ring (bicyclic) bond motifs is 6. The number of aliphatic imine (C=N–C) groups is 1. The van der Waals surface area contributed by atoms with E-state index >= 15 is 0 Å². The van der Waals surface area contributed by atoms with E-state index < -0.39 is 0 Å². The largest absolute Gasteiger partial charge is 0.352 e. The average Bonchev–Trinajstić information content (AvgIpc) is 2.87. The lowest BCUT2D eigenvalue weighted by Gasteiger charge is -2.34. The summed E-state index contributed by atoms with van der Waals surface area (Å²) in [5.74, 6) is 2.01. The first-order valence-corrected chi connectivity index (χ1v) is 7.22. The Bertz CT molecular complexity index is 540. The highest BCUT2D eigenvalue weighted by molar-refractivity contribution is 9.10. The molecule has 88 valence electrons. The van der Waals surface area contributed by atoms with Crippen LogP contribution in [-0.2, 0) is 6.54 Å². The first-order chi connectivity index (χ1) is 8.22. The third-order valence-corrected chi connectivity index (χ3v) is 5.00. The molecule has 2 heterocycles. The van der Waals surface area contributed by atoms with E-state index in [4.69, 9.17) is 16.6 Å². The topological polar surface area (TPSA) is 15.6 Å². The normalized spacial score (nSPS) is 29.1. The van der Waals surface area contributed by atoms with Crippen molar-refractivity contribution in [2.24, 2.45) is 10.9 Å². The molecule has 0 amide bonds. The molecule has 4 rings (SSSR count). The van der Waals surface area contributed by atoms with Crippen molar-refractivity contribution in [2.75, 3.05) is 0 Å². The van der Waals surface area contributed by atoms with E-state index in [0.717, 1.165) is 21.7 Å². The van der Waals surface area contributed by atoms with Gasteiger partial charge < -0.3 is 4.90 Å².